The van der Waals surface area contributed by atoms with Crippen molar-refractivity contribution in [2.45, 2.75) is 40.2 Å². The molecule has 2 atom stereocenters. The van der Waals surface area contributed by atoms with Crippen LogP contribution in [0.25, 0.3) is 0 Å². The van der Waals surface area contributed by atoms with Crippen molar-refractivity contribution in [2.75, 3.05) is 14.2 Å². The average molecular weight is 318 g/mol. The predicted molar refractivity (Wildman–Crippen MR) is 88.1 cm³/mol. The van der Waals surface area contributed by atoms with E-state index in [-0.39, 0.29) is 11.5 Å². The Morgan fingerprint density at radius 2 is 1.80 bits per heavy atom. The summed E-state index contributed by atoms with van der Waals surface area (Å²) in [5, 5.41) is 4.62. The number of hydrogen-bond acceptors (Lipinski definition) is 2. The molecule has 1 aromatic rings. The first-order chi connectivity index (χ1) is 9.20. The highest BCUT2D eigenvalue weighted by molar-refractivity contribution is 6.34. The van der Waals surface area contributed by atoms with Crippen LogP contribution in [0.1, 0.15) is 45.7 Å². The summed E-state index contributed by atoms with van der Waals surface area (Å²) in [6, 6.07) is 3.87. The minimum Gasteiger partial charge on any atom is -0.495 e. The Balaban J connectivity index is 3.04. The lowest BCUT2D eigenvalue weighted by Crippen LogP contribution is -2.25. The summed E-state index contributed by atoms with van der Waals surface area (Å²) in [6.45, 7) is 9.04. The summed E-state index contributed by atoms with van der Waals surface area (Å²) < 4.78 is 5.19. The lowest BCUT2D eigenvalue weighted by atomic mass is 9.77. The molecule has 0 bridgehead atoms. The van der Waals surface area contributed by atoms with Gasteiger partial charge in [-0.1, -0.05) is 50.9 Å². The standard InChI is InChI=1S/C16H25Cl2NO/c1-10(16(2,3)4)7-14(19-5)11-8-13(18)15(20-6)9-12(11)17/h8-10,14,19H,7H2,1-6H3. The number of benzene rings is 1. The van der Waals surface area contributed by atoms with Crippen molar-refractivity contribution in [3.05, 3.63) is 27.7 Å². The molecule has 2 nitrogen and oxygen atoms in total. The number of halogens is 2. The highest BCUT2D eigenvalue weighted by atomic mass is 35.5. The van der Waals surface area contributed by atoms with Crippen molar-refractivity contribution in [3.63, 3.8) is 0 Å². The van der Waals surface area contributed by atoms with Crippen molar-refractivity contribution in [3.8, 4) is 5.75 Å². The van der Waals surface area contributed by atoms with Gasteiger partial charge in [0.2, 0.25) is 0 Å². The Kier molecular flexibility index (Phi) is 6.18. The first kappa shape index (κ1) is 17.6. The average Bonchev–Trinajstić information content (AvgIpc) is 2.37. The molecule has 0 saturated heterocycles. The van der Waals surface area contributed by atoms with Crippen molar-refractivity contribution in [2.24, 2.45) is 11.3 Å². The third kappa shape index (κ3) is 4.28. The molecule has 0 saturated carbocycles. The van der Waals surface area contributed by atoms with E-state index in [0.717, 1.165) is 12.0 Å². The quantitative estimate of drug-likeness (QED) is 0.792. The predicted octanol–water partition coefficient (Wildman–Crippen LogP) is 5.33. The van der Waals surface area contributed by atoms with E-state index in [1.165, 1.54) is 0 Å². The van der Waals surface area contributed by atoms with Gasteiger partial charge in [-0.15, -0.1) is 0 Å². The van der Waals surface area contributed by atoms with Crippen LogP contribution in [0.2, 0.25) is 10.0 Å². The van der Waals surface area contributed by atoms with Gasteiger partial charge in [-0.05, 0) is 36.4 Å². The summed E-state index contributed by atoms with van der Waals surface area (Å²) in [6.07, 6.45) is 1.00. The molecule has 0 aliphatic carbocycles. The lowest BCUT2D eigenvalue weighted by molar-refractivity contribution is 0.226. The van der Waals surface area contributed by atoms with E-state index in [2.05, 4.69) is 33.0 Å². The fourth-order valence-electron chi connectivity index (χ4n) is 2.07. The Hall–Kier alpha value is -0.440. The number of hydrogen-bond donors (Lipinski definition) is 1. The smallest absolute Gasteiger partial charge is 0.138 e. The maximum absolute atomic E-state index is 6.37. The topological polar surface area (TPSA) is 21.3 Å². The molecule has 0 aliphatic heterocycles. The summed E-state index contributed by atoms with van der Waals surface area (Å²) in [5.74, 6) is 1.16. The fourth-order valence-corrected chi connectivity index (χ4v) is 2.61. The Labute approximate surface area is 132 Å². The van der Waals surface area contributed by atoms with Crippen LogP contribution in [0.5, 0.6) is 5.75 Å². The van der Waals surface area contributed by atoms with Crippen LogP contribution in [0.4, 0.5) is 0 Å². The third-order valence-electron chi connectivity index (χ3n) is 4.06. The maximum atomic E-state index is 6.37. The Morgan fingerprint density at radius 3 is 2.25 bits per heavy atom. The summed E-state index contributed by atoms with van der Waals surface area (Å²) in [5.41, 5.74) is 1.29. The van der Waals surface area contributed by atoms with Crippen LogP contribution < -0.4 is 10.1 Å². The van der Waals surface area contributed by atoms with Gasteiger partial charge in [0.15, 0.2) is 0 Å². The second-order valence-corrected chi connectivity index (χ2v) is 7.17. The number of methoxy groups -OCH3 is 1. The molecule has 0 amide bonds. The van der Waals surface area contributed by atoms with Gasteiger partial charge in [-0.3, -0.25) is 0 Å². The zero-order chi connectivity index (χ0) is 15.5. The van der Waals surface area contributed by atoms with E-state index < -0.39 is 0 Å². The zero-order valence-electron chi connectivity index (χ0n) is 13.2. The van der Waals surface area contributed by atoms with E-state index in [1.807, 2.05) is 13.1 Å². The van der Waals surface area contributed by atoms with Gasteiger partial charge in [0.25, 0.3) is 0 Å². The maximum Gasteiger partial charge on any atom is 0.138 e. The molecular formula is C16H25Cl2NO. The molecule has 0 heterocycles. The van der Waals surface area contributed by atoms with Gasteiger partial charge in [-0.25, -0.2) is 0 Å². The second-order valence-electron chi connectivity index (χ2n) is 6.35. The third-order valence-corrected chi connectivity index (χ3v) is 4.69. The highest BCUT2D eigenvalue weighted by Crippen LogP contribution is 2.38. The minimum atomic E-state index is 0.181. The number of nitrogens with one attached hydrogen (secondary N) is 1. The molecule has 4 heteroatoms. The van der Waals surface area contributed by atoms with Gasteiger partial charge < -0.3 is 10.1 Å². The number of rotatable bonds is 5. The molecule has 1 rings (SSSR count). The number of ether oxygens (including phenoxy) is 1. The summed E-state index contributed by atoms with van der Waals surface area (Å²) in [4.78, 5) is 0. The zero-order valence-corrected chi connectivity index (χ0v) is 14.7. The van der Waals surface area contributed by atoms with Gasteiger partial charge in [-0.2, -0.15) is 0 Å². The first-order valence-electron chi connectivity index (χ1n) is 6.90. The molecule has 0 aromatic heterocycles. The molecule has 2 unspecified atom stereocenters. The molecule has 0 spiro atoms. The Bertz CT molecular complexity index is 455. The van der Waals surface area contributed by atoms with Crippen molar-refractivity contribution >= 4 is 23.2 Å². The lowest BCUT2D eigenvalue weighted by Gasteiger charge is -2.31. The first-order valence-corrected chi connectivity index (χ1v) is 7.66. The molecular weight excluding hydrogens is 293 g/mol. The van der Waals surface area contributed by atoms with E-state index in [0.29, 0.717) is 21.7 Å². The van der Waals surface area contributed by atoms with Crippen LogP contribution >= 0.6 is 23.2 Å². The molecule has 0 fully saturated rings. The molecule has 1 aromatic carbocycles. The molecule has 0 aliphatic rings. The van der Waals surface area contributed by atoms with E-state index >= 15 is 0 Å². The van der Waals surface area contributed by atoms with E-state index in [9.17, 15) is 0 Å². The van der Waals surface area contributed by atoms with Gasteiger partial charge in [0.1, 0.15) is 5.75 Å². The highest BCUT2D eigenvalue weighted by Gasteiger charge is 2.25. The van der Waals surface area contributed by atoms with Gasteiger partial charge >= 0.3 is 0 Å². The normalized spacial score (nSPS) is 15.0. The Morgan fingerprint density at radius 1 is 1.20 bits per heavy atom. The van der Waals surface area contributed by atoms with Crippen LogP contribution in [0.15, 0.2) is 12.1 Å². The second kappa shape index (κ2) is 7.02. The van der Waals surface area contributed by atoms with Crippen LogP contribution in [-0.4, -0.2) is 14.2 Å². The van der Waals surface area contributed by atoms with Crippen LogP contribution in [-0.2, 0) is 0 Å². The van der Waals surface area contributed by atoms with Crippen LogP contribution in [0, 0.1) is 11.3 Å². The van der Waals surface area contributed by atoms with Crippen molar-refractivity contribution in [1.82, 2.24) is 5.32 Å². The SMILES string of the molecule is CNC(CC(C)C(C)(C)C)c1cc(Cl)c(OC)cc1Cl. The van der Waals surface area contributed by atoms with Crippen LogP contribution in [0.3, 0.4) is 0 Å². The largest absolute Gasteiger partial charge is 0.495 e. The van der Waals surface area contributed by atoms with E-state index in [4.69, 9.17) is 27.9 Å². The molecule has 1 N–H and O–H groups in total. The molecule has 20 heavy (non-hydrogen) atoms. The van der Waals surface area contributed by atoms with Gasteiger partial charge in [0.05, 0.1) is 12.1 Å². The summed E-state index contributed by atoms with van der Waals surface area (Å²) in [7, 11) is 3.54. The molecule has 0 radical (unpaired) electrons. The summed E-state index contributed by atoms with van der Waals surface area (Å²) >= 11 is 12.6. The molecule has 114 valence electrons. The van der Waals surface area contributed by atoms with E-state index in [1.54, 1.807) is 13.2 Å². The fraction of sp³-hybridized carbons (Fsp3) is 0.625. The minimum absolute atomic E-state index is 0.181. The monoisotopic (exact) mass is 317 g/mol. The van der Waals surface area contributed by atoms with Crippen molar-refractivity contribution in [1.29, 1.82) is 0 Å². The van der Waals surface area contributed by atoms with Gasteiger partial charge in [0, 0.05) is 17.1 Å². The van der Waals surface area contributed by atoms with Crippen molar-refractivity contribution < 1.29 is 4.74 Å².